The first-order valence-electron chi connectivity index (χ1n) is 9.71. The van der Waals surface area contributed by atoms with Crippen molar-refractivity contribution in [3.05, 3.63) is 29.3 Å². The van der Waals surface area contributed by atoms with E-state index in [1.807, 2.05) is 32.0 Å². The molecule has 1 heterocycles. The SMILES string of the molecule is CCCS(=O)(=O)N1CCC(NC(=NC)NCC(C)Oc2cccc(Cl)c2)CC1.I. The summed E-state index contributed by atoms with van der Waals surface area (Å²) in [6, 6.07) is 7.51. The van der Waals surface area contributed by atoms with Crippen LogP contribution in [0.5, 0.6) is 5.75 Å². The van der Waals surface area contributed by atoms with Gasteiger partial charge in [0, 0.05) is 31.2 Å². The van der Waals surface area contributed by atoms with E-state index in [0.717, 1.165) is 18.6 Å². The molecule has 1 aromatic carbocycles. The molecule has 1 atom stereocenters. The molecule has 166 valence electrons. The minimum atomic E-state index is -3.11. The number of halogens is 2. The van der Waals surface area contributed by atoms with E-state index >= 15 is 0 Å². The van der Waals surface area contributed by atoms with E-state index in [0.29, 0.717) is 37.0 Å². The van der Waals surface area contributed by atoms with Gasteiger partial charge in [0.25, 0.3) is 0 Å². The maximum absolute atomic E-state index is 12.2. The van der Waals surface area contributed by atoms with Crippen LogP contribution in [-0.2, 0) is 10.0 Å². The molecular weight excluding hydrogens is 527 g/mol. The van der Waals surface area contributed by atoms with Crippen molar-refractivity contribution in [3.63, 3.8) is 0 Å². The van der Waals surface area contributed by atoms with Gasteiger partial charge in [0.05, 0.1) is 12.3 Å². The number of guanidine groups is 1. The van der Waals surface area contributed by atoms with E-state index < -0.39 is 10.0 Å². The predicted molar refractivity (Wildman–Crippen MR) is 130 cm³/mol. The number of hydrogen-bond donors (Lipinski definition) is 2. The van der Waals surface area contributed by atoms with Crippen LogP contribution in [-0.4, -0.2) is 63.3 Å². The van der Waals surface area contributed by atoms with Gasteiger partial charge in [-0.25, -0.2) is 12.7 Å². The van der Waals surface area contributed by atoms with E-state index in [1.54, 1.807) is 17.4 Å². The summed E-state index contributed by atoms with van der Waals surface area (Å²) in [4.78, 5) is 4.26. The van der Waals surface area contributed by atoms with Crippen LogP contribution in [0.2, 0.25) is 5.02 Å². The number of ether oxygens (including phenoxy) is 1. The van der Waals surface area contributed by atoms with Crippen LogP contribution in [0.1, 0.15) is 33.1 Å². The Bertz CT molecular complexity index is 756. The summed E-state index contributed by atoms with van der Waals surface area (Å²) >= 11 is 5.98. The van der Waals surface area contributed by atoms with Crippen LogP contribution in [0, 0.1) is 0 Å². The third kappa shape index (κ3) is 8.85. The summed E-state index contributed by atoms with van der Waals surface area (Å²) in [6.07, 6.45) is 2.10. The average Bonchev–Trinajstić information content (AvgIpc) is 2.65. The van der Waals surface area contributed by atoms with Crippen LogP contribution in [0.3, 0.4) is 0 Å². The number of rotatable bonds is 8. The highest BCUT2D eigenvalue weighted by molar-refractivity contribution is 14.0. The lowest BCUT2D eigenvalue weighted by Gasteiger charge is -2.32. The van der Waals surface area contributed by atoms with Crippen molar-refractivity contribution in [3.8, 4) is 5.75 Å². The van der Waals surface area contributed by atoms with Gasteiger partial charge in [0.1, 0.15) is 11.9 Å². The zero-order valence-corrected chi connectivity index (χ0v) is 21.1. The van der Waals surface area contributed by atoms with Crippen LogP contribution >= 0.6 is 35.6 Å². The maximum Gasteiger partial charge on any atom is 0.214 e. The fourth-order valence-corrected chi connectivity index (χ4v) is 4.83. The zero-order chi connectivity index (χ0) is 20.6. The van der Waals surface area contributed by atoms with Crippen molar-refractivity contribution in [2.45, 2.75) is 45.3 Å². The summed E-state index contributed by atoms with van der Waals surface area (Å²) in [5.41, 5.74) is 0. The highest BCUT2D eigenvalue weighted by Crippen LogP contribution is 2.18. The summed E-state index contributed by atoms with van der Waals surface area (Å²) < 4.78 is 31.8. The lowest BCUT2D eigenvalue weighted by molar-refractivity contribution is 0.223. The molecule has 2 N–H and O–H groups in total. The number of nitrogens with zero attached hydrogens (tertiary/aromatic N) is 2. The van der Waals surface area contributed by atoms with Crippen molar-refractivity contribution >= 4 is 51.6 Å². The Hall–Kier alpha value is -0.780. The second-order valence-corrected chi connectivity index (χ2v) is 9.50. The lowest BCUT2D eigenvalue weighted by Crippen LogP contribution is -2.51. The highest BCUT2D eigenvalue weighted by atomic mass is 127. The molecule has 0 saturated carbocycles. The maximum atomic E-state index is 12.2. The molecule has 2 rings (SSSR count). The first kappa shape index (κ1) is 26.3. The van der Waals surface area contributed by atoms with Crippen LogP contribution in [0.15, 0.2) is 29.3 Å². The van der Waals surface area contributed by atoms with Gasteiger partial charge >= 0.3 is 0 Å². The quantitative estimate of drug-likeness (QED) is 0.291. The first-order chi connectivity index (χ1) is 13.3. The topological polar surface area (TPSA) is 83.0 Å². The standard InChI is InChI=1S/C19H31ClN4O3S.HI/c1-4-12-28(25,26)24-10-8-17(9-11-24)23-19(21-3)22-14-15(2)27-18-7-5-6-16(20)13-18;/h5-7,13,15,17H,4,8-12,14H2,1-3H3,(H2,21,22,23);1H. The highest BCUT2D eigenvalue weighted by Gasteiger charge is 2.27. The van der Waals surface area contributed by atoms with Gasteiger partial charge in [0.15, 0.2) is 5.96 Å². The fourth-order valence-electron chi connectivity index (χ4n) is 3.11. The first-order valence-corrected chi connectivity index (χ1v) is 11.7. The molecule has 0 aromatic heterocycles. The molecule has 1 fully saturated rings. The molecule has 0 amide bonds. The Morgan fingerprint density at radius 2 is 2.07 bits per heavy atom. The summed E-state index contributed by atoms with van der Waals surface area (Å²) in [5, 5.41) is 7.28. The van der Waals surface area contributed by atoms with Gasteiger partial charge in [-0.1, -0.05) is 24.6 Å². The van der Waals surface area contributed by atoms with Crippen molar-refractivity contribution in [2.24, 2.45) is 4.99 Å². The normalized spacial score (nSPS) is 17.3. The number of piperidine rings is 1. The molecule has 1 aliphatic rings. The van der Waals surface area contributed by atoms with E-state index in [9.17, 15) is 8.42 Å². The second kappa shape index (κ2) is 12.8. The number of hydrogen-bond acceptors (Lipinski definition) is 4. The largest absolute Gasteiger partial charge is 0.489 e. The zero-order valence-electron chi connectivity index (χ0n) is 17.2. The molecule has 0 bridgehead atoms. The Kier molecular flexibility index (Phi) is 11.6. The van der Waals surface area contributed by atoms with Crippen molar-refractivity contribution in [1.82, 2.24) is 14.9 Å². The molecule has 10 heteroatoms. The third-order valence-electron chi connectivity index (χ3n) is 4.56. The predicted octanol–water partition coefficient (Wildman–Crippen LogP) is 3.09. The van der Waals surface area contributed by atoms with Crippen LogP contribution < -0.4 is 15.4 Å². The molecule has 0 spiro atoms. The Morgan fingerprint density at radius 1 is 1.38 bits per heavy atom. The minimum Gasteiger partial charge on any atom is -0.489 e. The number of sulfonamides is 1. The van der Waals surface area contributed by atoms with E-state index in [4.69, 9.17) is 16.3 Å². The Balaban J connectivity index is 0.00000420. The van der Waals surface area contributed by atoms with E-state index in [2.05, 4.69) is 15.6 Å². The lowest BCUT2D eigenvalue weighted by atomic mass is 10.1. The number of aliphatic imine (C=N–C) groups is 1. The van der Waals surface area contributed by atoms with E-state index in [-0.39, 0.29) is 41.9 Å². The molecule has 29 heavy (non-hydrogen) atoms. The molecule has 0 aliphatic carbocycles. The second-order valence-electron chi connectivity index (χ2n) is 6.97. The average molecular weight is 559 g/mol. The third-order valence-corrected chi connectivity index (χ3v) is 6.88. The molecule has 7 nitrogen and oxygen atoms in total. The molecular formula is C19H32ClIN4O3S. The van der Waals surface area contributed by atoms with Crippen molar-refractivity contribution in [1.29, 1.82) is 0 Å². The van der Waals surface area contributed by atoms with Gasteiger partial charge in [-0.2, -0.15) is 0 Å². The summed E-state index contributed by atoms with van der Waals surface area (Å²) in [6.45, 7) is 5.53. The Morgan fingerprint density at radius 3 is 2.66 bits per heavy atom. The molecule has 1 aliphatic heterocycles. The van der Waals surface area contributed by atoms with E-state index in [1.165, 1.54) is 0 Å². The van der Waals surface area contributed by atoms with Crippen molar-refractivity contribution in [2.75, 3.05) is 32.4 Å². The van der Waals surface area contributed by atoms with Gasteiger partial charge in [0.2, 0.25) is 10.0 Å². The number of benzene rings is 1. The monoisotopic (exact) mass is 558 g/mol. The summed E-state index contributed by atoms with van der Waals surface area (Å²) in [5.74, 6) is 1.64. The van der Waals surface area contributed by atoms with Crippen LogP contribution in [0.25, 0.3) is 0 Å². The van der Waals surface area contributed by atoms with Gasteiger partial charge in [-0.05, 0) is 44.4 Å². The molecule has 1 aromatic rings. The van der Waals surface area contributed by atoms with Crippen molar-refractivity contribution < 1.29 is 13.2 Å². The summed E-state index contributed by atoms with van der Waals surface area (Å²) in [7, 11) is -1.39. The van der Waals surface area contributed by atoms with Gasteiger partial charge in [-0.3, -0.25) is 4.99 Å². The number of nitrogens with one attached hydrogen (secondary N) is 2. The molecule has 0 radical (unpaired) electrons. The Labute approximate surface area is 196 Å². The minimum absolute atomic E-state index is 0. The van der Waals surface area contributed by atoms with Gasteiger partial charge in [-0.15, -0.1) is 24.0 Å². The smallest absolute Gasteiger partial charge is 0.214 e. The fraction of sp³-hybridized carbons (Fsp3) is 0.632. The van der Waals surface area contributed by atoms with Gasteiger partial charge < -0.3 is 15.4 Å². The van der Waals surface area contributed by atoms with Crippen LogP contribution in [0.4, 0.5) is 0 Å². The molecule has 1 unspecified atom stereocenters. The molecule has 1 saturated heterocycles.